The van der Waals surface area contributed by atoms with Crippen LogP contribution < -0.4 is 0 Å². The Balaban J connectivity index is 2.35. The molecule has 3 nitrogen and oxygen atoms in total. The summed E-state index contributed by atoms with van der Waals surface area (Å²) in [6, 6.07) is 9.65. The lowest BCUT2D eigenvalue weighted by atomic mass is 10.0. The Morgan fingerprint density at radius 3 is 1.84 bits per heavy atom. The van der Waals surface area contributed by atoms with Gasteiger partial charge in [-0.15, -0.1) is 0 Å². The molecule has 0 aliphatic heterocycles. The number of nitrogens with zero attached hydrogens (tertiary/aromatic N) is 3. The van der Waals surface area contributed by atoms with E-state index in [9.17, 15) is 13.2 Å². The molecule has 1 aromatic rings. The number of halogens is 3. The molecule has 0 bridgehead atoms. The molecule has 1 aromatic carbocycles. The van der Waals surface area contributed by atoms with Crippen LogP contribution in [0.5, 0.6) is 0 Å². The maximum absolute atomic E-state index is 12.4. The van der Waals surface area contributed by atoms with Crippen LogP contribution >= 0.6 is 0 Å². The lowest BCUT2D eigenvalue weighted by Crippen LogP contribution is -2.04. The molecule has 0 aromatic heterocycles. The highest BCUT2D eigenvalue weighted by Crippen LogP contribution is 2.63. The van der Waals surface area contributed by atoms with Crippen LogP contribution in [-0.4, -0.2) is 0 Å². The molecule has 1 aliphatic carbocycles. The molecule has 1 aliphatic rings. The van der Waals surface area contributed by atoms with Crippen LogP contribution in [0, 0.1) is 45.3 Å². The van der Waals surface area contributed by atoms with Gasteiger partial charge in [-0.2, -0.15) is 29.0 Å². The van der Waals surface area contributed by atoms with Crippen LogP contribution in [0.2, 0.25) is 0 Å². The number of nitriles is 3. The first-order chi connectivity index (χ1) is 8.90. The van der Waals surface area contributed by atoms with Crippen molar-refractivity contribution in [1.29, 1.82) is 15.8 Å². The molecule has 1 saturated carbocycles. The van der Waals surface area contributed by atoms with Gasteiger partial charge < -0.3 is 0 Å². The minimum atomic E-state index is -4.43. The standard InChI is InChI=1S/C13H6F3N3/c14-13(15,16)9-3-1-8(2-4-9)11-10(5-17)12(11,6-18)7-19/h1-4,10-11H. The second-order valence-electron chi connectivity index (χ2n) is 4.30. The summed E-state index contributed by atoms with van der Waals surface area (Å²) in [6.45, 7) is 0. The van der Waals surface area contributed by atoms with Crippen molar-refractivity contribution < 1.29 is 13.2 Å². The van der Waals surface area contributed by atoms with E-state index in [1.165, 1.54) is 12.1 Å². The van der Waals surface area contributed by atoms with Crippen LogP contribution in [0.1, 0.15) is 17.0 Å². The van der Waals surface area contributed by atoms with E-state index in [4.69, 9.17) is 15.8 Å². The summed E-state index contributed by atoms with van der Waals surface area (Å²) < 4.78 is 37.2. The normalized spacial score (nSPS) is 23.8. The topological polar surface area (TPSA) is 71.4 Å². The maximum atomic E-state index is 12.4. The number of alkyl halides is 3. The van der Waals surface area contributed by atoms with Gasteiger partial charge in [-0.25, -0.2) is 0 Å². The Kier molecular flexibility index (Phi) is 2.72. The van der Waals surface area contributed by atoms with Crippen molar-refractivity contribution in [2.24, 2.45) is 11.3 Å². The Labute approximate surface area is 107 Å². The van der Waals surface area contributed by atoms with Crippen molar-refractivity contribution in [2.75, 3.05) is 0 Å². The summed E-state index contributed by atoms with van der Waals surface area (Å²) in [6.07, 6.45) is -4.43. The Hall–Kier alpha value is -2.52. The number of hydrogen-bond donors (Lipinski definition) is 0. The van der Waals surface area contributed by atoms with Gasteiger partial charge in [0, 0.05) is 5.92 Å². The highest BCUT2D eigenvalue weighted by atomic mass is 19.4. The zero-order valence-corrected chi connectivity index (χ0v) is 9.44. The largest absolute Gasteiger partial charge is 0.416 e. The summed E-state index contributed by atoms with van der Waals surface area (Å²) in [5.41, 5.74) is -1.83. The smallest absolute Gasteiger partial charge is 0.198 e. The molecule has 2 unspecified atom stereocenters. The zero-order valence-electron chi connectivity index (χ0n) is 9.44. The lowest BCUT2D eigenvalue weighted by molar-refractivity contribution is -0.137. The van der Waals surface area contributed by atoms with Gasteiger partial charge in [0.25, 0.3) is 0 Å². The molecule has 2 atom stereocenters. The zero-order chi connectivity index (χ0) is 14.3. The number of benzene rings is 1. The molecule has 1 fully saturated rings. The van der Waals surface area contributed by atoms with E-state index < -0.39 is 29.0 Å². The SMILES string of the molecule is N#CC1C(c2ccc(C(F)(F)F)cc2)C1(C#N)C#N. The minimum Gasteiger partial charge on any atom is -0.198 e. The average Bonchev–Trinajstić information content (AvgIpc) is 3.06. The Morgan fingerprint density at radius 1 is 1.00 bits per heavy atom. The molecule has 0 spiro atoms. The molecule has 2 rings (SSSR count). The first kappa shape index (κ1) is 12.9. The molecule has 0 heterocycles. The predicted molar refractivity (Wildman–Crippen MR) is 56.9 cm³/mol. The van der Waals surface area contributed by atoms with Crippen molar-refractivity contribution in [1.82, 2.24) is 0 Å². The van der Waals surface area contributed by atoms with Crippen molar-refractivity contribution in [3.05, 3.63) is 35.4 Å². The minimum absolute atomic E-state index is 0.405. The molecule has 0 N–H and O–H groups in total. The fourth-order valence-corrected chi connectivity index (χ4v) is 2.20. The van der Waals surface area contributed by atoms with Gasteiger partial charge in [0.05, 0.1) is 29.7 Å². The van der Waals surface area contributed by atoms with E-state index in [1.54, 1.807) is 12.1 Å². The molecule has 0 amide bonds. The van der Waals surface area contributed by atoms with Crippen LogP contribution in [-0.2, 0) is 6.18 Å². The first-order valence-corrected chi connectivity index (χ1v) is 5.30. The number of rotatable bonds is 1. The molecular formula is C13H6F3N3. The maximum Gasteiger partial charge on any atom is 0.416 e. The van der Waals surface area contributed by atoms with Gasteiger partial charge in [0.1, 0.15) is 0 Å². The highest BCUT2D eigenvalue weighted by Gasteiger charge is 2.68. The fraction of sp³-hybridized carbons (Fsp3) is 0.308. The summed E-state index contributed by atoms with van der Waals surface area (Å²) >= 11 is 0. The third kappa shape index (κ3) is 1.80. The Bertz CT molecular complexity index is 612. The highest BCUT2D eigenvalue weighted by molar-refractivity contribution is 5.48. The molecule has 6 heteroatoms. The van der Waals surface area contributed by atoms with Crippen molar-refractivity contribution in [3.63, 3.8) is 0 Å². The van der Waals surface area contributed by atoms with E-state index in [0.29, 0.717) is 5.56 Å². The summed E-state index contributed by atoms with van der Waals surface area (Å²) in [4.78, 5) is 0. The summed E-state index contributed by atoms with van der Waals surface area (Å²) in [5, 5.41) is 26.8. The van der Waals surface area contributed by atoms with Gasteiger partial charge >= 0.3 is 6.18 Å². The van der Waals surface area contributed by atoms with E-state index in [2.05, 4.69) is 0 Å². The van der Waals surface area contributed by atoms with Crippen molar-refractivity contribution in [2.45, 2.75) is 12.1 Å². The summed E-state index contributed by atoms with van der Waals surface area (Å²) in [7, 11) is 0. The van der Waals surface area contributed by atoms with Crippen LogP contribution in [0.4, 0.5) is 13.2 Å². The molecule has 0 saturated heterocycles. The molecular weight excluding hydrogens is 255 g/mol. The van der Waals surface area contributed by atoms with Gasteiger partial charge in [-0.05, 0) is 17.7 Å². The van der Waals surface area contributed by atoms with E-state index in [1.807, 2.05) is 6.07 Å². The third-order valence-electron chi connectivity index (χ3n) is 3.31. The van der Waals surface area contributed by atoms with Gasteiger partial charge in [0.2, 0.25) is 0 Å². The predicted octanol–water partition coefficient (Wildman–Crippen LogP) is 2.98. The van der Waals surface area contributed by atoms with Crippen molar-refractivity contribution in [3.8, 4) is 18.2 Å². The van der Waals surface area contributed by atoms with Gasteiger partial charge in [0.15, 0.2) is 5.41 Å². The quantitative estimate of drug-likeness (QED) is 0.780. The average molecular weight is 261 g/mol. The summed E-state index contributed by atoms with van der Waals surface area (Å²) in [5.74, 6) is -1.44. The molecule has 19 heavy (non-hydrogen) atoms. The fourth-order valence-electron chi connectivity index (χ4n) is 2.20. The Morgan fingerprint density at radius 2 is 1.53 bits per heavy atom. The second kappa shape index (κ2) is 4.00. The lowest BCUT2D eigenvalue weighted by Gasteiger charge is -2.07. The first-order valence-electron chi connectivity index (χ1n) is 5.30. The monoisotopic (exact) mass is 261 g/mol. The molecule has 0 radical (unpaired) electrons. The van der Waals surface area contributed by atoms with E-state index >= 15 is 0 Å². The van der Waals surface area contributed by atoms with E-state index in [-0.39, 0.29) is 0 Å². The number of hydrogen-bond acceptors (Lipinski definition) is 3. The van der Waals surface area contributed by atoms with Crippen molar-refractivity contribution >= 4 is 0 Å². The molecule has 94 valence electrons. The van der Waals surface area contributed by atoms with E-state index in [0.717, 1.165) is 12.1 Å². The third-order valence-corrected chi connectivity index (χ3v) is 3.31. The van der Waals surface area contributed by atoms with Crippen LogP contribution in [0.3, 0.4) is 0 Å². The van der Waals surface area contributed by atoms with Crippen LogP contribution in [0.25, 0.3) is 0 Å². The van der Waals surface area contributed by atoms with Gasteiger partial charge in [-0.1, -0.05) is 12.1 Å². The van der Waals surface area contributed by atoms with Gasteiger partial charge in [-0.3, -0.25) is 0 Å². The second-order valence-corrected chi connectivity index (χ2v) is 4.30. The van der Waals surface area contributed by atoms with Crippen LogP contribution in [0.15, 0.2) is 24.3 Å².